The molecule has 1 heterocycles. The van der Waals surface area contributed by atoms with E-state index >= 15 is 0 Å². The SMILES string of the molecule is CC(C)S(=O)(=O)CCN1CC(C)(OCC(=O)O)C1. The van der Waals surface area contributed by atoms with Crippen molar-refractivity contribution in [2.45, 2.75) is 31.6 Å². The molecule has 1 N–H and O–H groups in total. The lowest BCUT2D eigenvalue weighted by atomic mass is 9.97. The number of aliphatic carboxylic acids is 1. The first-order valence-corrected chi connectivity index (χ1v) is 7.66. The van der Waals surface area contributed by atoms with E-state index in [9.17, 15) is 13.2 Å². The van der Waals surface area contributed by atoms with Crippen LogP contribution < -0.4 is 0 Å². The summed E-state index contributed by atoms with van der Waals surface area (Å²) in [5, 5.41) is 8.16. The predicted molar refractivity (Wildman–Crippen MR) is 67.4 cm³/mol. The molecule has 0 aromatic carbocycles. The molecule has 1 aliphatic rings. The molecular formula is C11H21NO5S. The lowest BCUT2D eigenvalue weighted by Gasteiger charge is -2.47. The van der Waals surface area contributed by atoms with Gasteiger partial charge in [0.1, 0.15) is 6.61 Å². The van der Waals surface area contributed by atoms with Gasteiger partial charge in [-0.1, -0.05) is 0 Å². The Kier molecular flexibility index (Phi) is 4.74. The van der Waals surface area contributed by atoms with E-state index in [1.54, 1.807) is 13.8 Å². The highest BCUT2D eigenvalue weighted by Gasteiger charge is 2.40. The topological polar surface area (TPSA) is 83.9 Å². The molecule has 0 atom stereocenters. The Morgan fingerprint density at radius 3 is 2.44 bits per heavy atom. The van der Waals surface area contributed by atoms with Crippen LogP contribution in [0.1, 0.15) is 20.8 Å². The van der Waals surface area contributed by atoms with Gasteiger partial charge in [-0.15, -0.1) is 0 Å². The van der Waals surface area contributed by atoms with Crippen LogP contribution >= 0.6 is 0 Å². The largest absolute Gasteiger partial charge is 0.480 e. The Morgan fingerprint density at radius 2 is 2.00 bits per heavy atom. The number of hydrogen-bond acceptors (Lipinski definition) is 5. The van der Waals surface area contributed by atoms with Crippen LogP contribution in [0, 0.1) is 0 Å². The first kappa shape index (κ1) is 15.4. The quantitative estimate of drug-likeness (QED) is 0.705. The average molecular weight is 279 g/mol. The average Bonchev–Trinajstić information content (AvgIpc) is 2.20. The number of sulfone groups is 1. The summed E-state index contributed by atoms with van der Waals surface area (Å²) in [6.45, 7) is 6.50. The Bertz CT molecular complexity index is 398. The van der Waals surface area contributed by atoms with Gasteiger partial charge < -0.3 is 9.84 Å². The van der Waals surface area contributed by atoms with Crippen molar-refractivity contribution in [2.24, 2.45) is 0 Å². The van der Waals surface area contributed by atoms with Crippen LogP contribution in [0.4, 0.5) is 0 Å². The van der Waals surface area contributed by atoms with Crippen molar-refractivity contribution in [3.8, 4) is 0 Å². The first-order chi connectivity index (χ1) is 8.15. The zero-order valence-electron chi connectivity index (χ0n) is 11.0. The van der Waals surface area contributed by atoms with Crippen molar-refractivity contribution in [3.05, 3.63) is 0 Å². The Labute approximate surface area is 108 Å². The number of nitrogens with zero attached hydrogens (tertiary/aromatic N) is 1. The van der Waals surface area contributed by atoms with Crippen molar-refractivity contribution in [2.75, 3.05) is 32.0 Å². The van der Waals surface area contributed by atoms with Crippen LogP contribution in [0.5, 0.6) is 0 Å². The summed E-state index contributed by atoms with van der Waals surface area (Å²) >= 11 is 0. The summed E-state index contributed by atoms with van der Waals surface area (Å²) in [6.07, 6.45) is 0. The van der Waals surface area contributed by atoms with Crippen molar-refractivity contribution in [3.63, 3.8) is 0 Å². The van der Waals surface area contributed by atoms with E-state index in [2.05, 4.69) is 0 Å². The fourth-order valence-corrected chi connectivity index (χ4v) is 2.86. The number of ether oxygens (including phenoxy) is 1. The molecule has 0 radical (unpaired) electrons. The second-order valence-electron chi connectivity index (χ2n) is 5.26. The van der Waals surface area contributed by atoms with E-state index in [4.69, 9.17) is 9.84 Å². The van der Waals surface area contributed by atoms with Crippen molar-refractivity contribution in [1.82, 2.24) is 4.90 Å². The monoisotopic (exact) mass is 279 g/mol. The zero-order chi connectivity index (χ0) is 14.0. The molecule has 18 heavy (non-hydrogen) atoms. The lowest BCUT2D eigenvalue weighted by molar-refractivity contribution is -0.164. The standard InChI is InChI=1S/C11H21NO5S/c1-9(2)18(15,16)5-4-12-7-11(3,8-12)17-6-10(13)14/h9H,4-8H2,1-3H3,(H,13,14). The maximum absolute atomic E-state index is 11.6. The van der Waals surface area contributed by atoms with Gasteiger partial charge in [-0.3, -0.25) is 4.90 Å². The van der Waals surface area contributed by atoms with Crippen LogP contribution in [-0.2, 0) is 19.4 Å². The molecule has 0 unspecified atom stereocenters. The Balaban J connectivity index is 2.29. The van der Waals surface area contributed by atoms with E-state index < -0.39 is 21.4 Å². The Morgan fingerprint density at radius 1 is 1.44 bits per heavy atom. The summed E-state index contributed by atoms with van der Waals surface area (Å²) in [4.78, 5) is 12.3. The summed E-state index contributed by atoms with van der Waals surface area (Å²) in [5.41, 5.74) is -0.458. The van der Waals surface area contributed by atoms with E-state index in [1.165, 1.54) is 0 Å². The fourth-order valence-electron chi connectivity index (χ4n) is 1.88. The van der Waals surface area contributed by atoms with Crippen LogP contribution in [0.3, 0.4) is 0 Å². The molecule has 1 saturated heterocycles. The second-order valence-corrected chi connectivity index (χ2v) is 7.94. The molecule has 1 rings (SSSR count). The molecular weight excluding hydrogens is 258 g/mol. The highest BCUT2D eigenvalue weighted by atomic mass is 32.2. The van der Waals surface area contributed by atoms with Crippen molar-refractivity contribution < 1.29 is 23.1 Å². The molecule has 0 aromatic rings. The fraction of sp³-hybridized carbons (Fsp3) is 0.909. The third kappa shape index (κ3) is 4.22. The molecule has 1 fully saturated rings. The lowest BCUT2D eigenvalue weighted by Crippen LogP contribution is -2.62. The van der Waals surface area contributed by atoms with Gasteiger partial charge in [0.05, 0.1) is 16.6 Å². The molecule has 1 aliphatic heterocycles. The molecule has 6 nitrogen and oxygen atoms in total. The summed E-state index contributed by atoms with van der Waals surface area (Å²) < 4.78 is 28.5. The van der Waals surface area contributed by atoms with E-state index in [0.29, 0.717) is 19.6 Å². The molecule has 0 saturated carbocycles. The summed E-state index contributed by atoms with van der Waals surface area (Å²) in [5.74, 6) is -0.850. The maximum Gasteiger partial charge on any atom is 0.329 e. The van der Waals surface area contributed by atoms with E-state index in [0.717, 1.165) is 0 Å². The van der Waals surface area contributed by atoms with Gasteiger partial charge in [0.25, 0.3) is 0 Å². The minimum atomic E-state index is -3.01. The molecule has 106 valence electrons. The van der Waals surface area contributed by atoms with Crippen LogP contribution in [0.15, 0.2) is 0 Å². The van der Waals surface area contributed by atoms with Gasteiger partial charge in [0.15, 0.2) is 9.84 Å². The normalized spacial score (nSPS) is 19.8. The van der Waals surface area contributed by atoms with Gasteiger partial charge in [-0.2, -0.15) is 0 Å². The molecule has 0 aliphatic carbocycles. The first-order valence-electron chi connectivity index (χ1n) is 5.94. The molecule has 0 bridgehead atoms. The third-order valence-electron chi connectivity index (χ3n) is 3.07. The van der Waals surface area contributed by atoms with Crippen molar-refractivity contribution >= 4 is 15.8 Å². The summed E-state index contributed by atoms with van der Waals surface area (Å²) in [6, 6.07) is 0. The van der Waals surface area contributed by atoms with Crippen LogP contribution in [-0.4, -0.2) is 67.2 Å². The summed E-state index contributed by atoms with van der Waals surface area (Å²) in [7, 11) is -3.01. The number of carboxylic acid groups (broad SMARTS) is 1. The highest BCUT2D eigenvalue weighted by Crippen LogP contribution is 2.24. The second kappa shape index (κ2) is 5.54. The minimum Gasteiger partial charge on any atom is -0.480 e. The molecule has 0 amide bonds. The van der Waals surface area contributed by atoms with E-state index in [1.807, 2.05) is 11.8 Å². The van der Waals surface area contributed by atoms with Crippen molar-refractivity contribution in [1.29, 1.82) is 0 Å². The van der Waals surface area contributed by atoms with Gasteiger partial charge in [0.2, 0.25) is 0 Å². The molecule has 0 spiro atoms. The number of carbonyl (C=O) groups is 1. The number of likely N-dealkylation sites (tertiary alicyclic amines) is 1. The van der Waals surface area contributed by atoms with Gasteiger partial charge in [0, 0.05) is 19.6 Å². The highest BCUT2D eigenvalue weighted by molar-refractivity contribution is 7.92. The minimum absolute atomic E-state index is 0.139. The number of hydrogen-bond donors (Lipinski definition) is 1. The van der Waals surface area contributed by atoms with Gasteiger partial charge in [-0.25, -0.2) is 13.2 Å². The Hall–Kier alpha value is -0.660. The number of rotatable bonds is 7. The number of carboxylic acids is 1. The maximum atomic E-state index is 11.6. The van der Waals surface area contributed by atoms with Crippen LogP contribution in [0.2, 0.25) is 0 Å². The smallest absolute Gasteiger partial charge is 0.329 e. The molecule has 7 heteroatoms. The van der Waals surface area contributed by atoms with Crippen LogP contribution in [0.25, 0.3) is 0 Å². The molecule has 0 aromatic heterocycles. The third-order valence-corrected chi connectivity index (χ3v) is 5.26. The predicted octanol–water partition coefficient (Wildman–Crippen LogP) is -0.0149. The van der Waals surface area contributed by atoms with Gasteiger partial charge >= 0.3 is 5.97 Å². The zero-order valence-corrected chi connectivity index (χ0v) is 11.9. The van der Waals surface area contributed by atoms with Gasteiger partial charge in [-0.05, 0) is 20.8 Å². The van der Waals surface area contributed by atoms with E-state index in [-0.39, 0.29) is 17.6 Å².